The molecule has 0 heterocycles. The first-order valence-corrected chi connectivity index (χ1v) is 7.17. The summed E-state index contributed by atoms with van der Waals surface area (Å²) in [6.45, 7) is 6.74. The maximum Gasteiger partial charge on any atom is 0.670 e. The van der Waals surface area contributed by atoms with Crippen LogP contribution in [0.4, 0.5) is 0 Å². The topological polar surface area (TPSA) is 56.8 Å². The molecule has 7 heteroatoms. The third-order valence-corrected chi connectivity index (χ3v) is 5.01. The maximum absolute atomic E-state index is 10.5. The van der Waals surface area contributed by atoms with E-state index in [4.69, 9.17) is 17.4 Å². The molecule has 0 atom stereocenters. The van der Waals surface area contributed by atoms with Crippen molar-refractivity contribution in [2.45, 2.75) is 20.8 Å². The van der Waals surface area contributed by atoms with Crippen LogP contribution < -0.4 is 0 Å². The van der Waals surface area contributed by atoms with Gasteiger partial charge in [-0.3, -0.25) is 4.80 Å². The van der Waals surface area contributed by atoms with Gasteiger partial charge in [0, 0.05) is 19.8 Å². The number of hydrogen-bond acceptors (Lipinski definition) is 4. The second-order valence-corrected chi connectivity index (χ2v) is 5.32. The smallest absolute Gasteiger partial charge is 0.373 e. The predicted molar refractivity (Wildman–Crippen MR) is 50.9 cm³/mol. The van der Waals surface area contributed by atoms with E-state index in [1.54, 1.807) is 0 Å². The highest BCUT2D eigenvalue weighted by Crippen LogP contribution is 2.10. The molecule has 0 unspecified atom stereocenters. The molecule has 0 spiro atoms. The molecule has 0 N–H and O–H groups in total. The fraction of sp³-hybridized carbons (Fsp3) is 1.00. The van der Waals surface area contributed by atoms with Crippen molar-refractivity contribution in [3.8, 4) is 0 Å². The van der Waals surface area contributed by atoms with Crippen LogP contribution in [-0.2, 0) is 22.2 Å². The SMILES string of the molecule is CCO[Si](OCC)(OCC)O[SiH2][O]. The van der Waals surface area contributed by atoms with Gasteiger partial charge in [0.25, 0.3) is 0 Å². The van der Waals surface area contributed by atoms with Crippen LogP contribution in [0.25, 0.3) is 0 Å². The average Bonchev–Trinajstić information content (AvgIpc) is 2.06. The monoisotopic (exact) mass is 225 g/mol. The Morgan fingerprint density at radius 2 is 1.38 bits per heavy atom. The molecular formula is C6H17O5Si2. The second-order valence-electron chi connectivity index (χ2n) is 2.06. The molecule has 0 aliphatic carbocycles. The number of rotatable bonds is 8. The molecule has 13 heavy (non-hydrogen) atoms. The van der Waals surface area contributed by atoms with Crippen LogP contribution in [0.15, 0.2) is 0 Å². The molecule has 0 aromatic heterocycles. The first-order valence-electron chi connectivity index (χ1n) is 4.38. The third kappa shape index (κ3) is 4.86. The van der Waals surface area contributed by atoms with Gasteiger partial charge in [-0.05, 0) is 20.8 Å². The van der Waals surface area contributed by atoms with Crippen LogP contribution in [0.2, 0.25) is 0 Å². The molecule has 0 aliphatic rings. The average molecular weight is 225 g/mol. The third-order valence-electron chi connectivity index (χ3n) is 1.20. The Morgan fingerprint density at radius 1 is 1.00 bits per heavy atom. The maximum atomic E-state index is 10.5. The van der Waals surface area contributed by atoms with Gasteiger partial charge in [0.2, 0.25) is 0 Å². The van der Waals surface area contributed by atoms with Crippen LogP contribution in [-0.4, -0.2) is 38.9 Å². The molecule has 79 valence electrons. The van der Waals surface area contributed by atoms with E-state index < -0.39 is 19.1 Å². The summed E-state index contributed by atoms with van der Waals surface area (Å²) in [5, 5.41) is 0. The van der Waals surface area contributed by atoms with Gasteiger partial charge in [0.05, 0.1) is 0 Å². The zero-order valence-corrected chi connectivity index (χ0v) is 10.8. The summed E-state index contributed by atoms with van der Waals surface area (Å²) in [6, 6.07) is 0. The molecular weight excluding hydrogens is 208 g/mol. The van der Waals surface area contributed by atoms with Crippen molar-refractivity contribution in [2.75, 3.05) is 19.8 Å². The van der Waals surface area contributed by atoms with E-state index in [1.165, 1.54) is 0 Å². The van der Waals surface area contributed by atoms with Gasteiger partial charge in [-0.2, -0.15) is 0 Å². The van der Waals surface area contributed by atoms with Crippen molar-refractivity contribution in [2.24, 2.45) is 0 Å². The van der Waals surface area contributed by atoms with Gasteiger partial charge in [0.15, 0.2) is 0 Å². The molecule has 0 saturated carbocycles. The molecule has 0 amide bonds. The Morgan fingerprint density at radius 3 is 1.62 bits per heavy atom. The zero-order chi connectivity index (χ0) is 10.2. The Kier molecular flexibility index (Phi) is 7.76. The van der Waals surface area contributed by atoms with E-state index in [-0.39, 0.29) is 0 Å². The summed E-state index contributed by atoms with van der Waals surface area (Å²) in [6.07, 6.45) is 0. The molecule has 0 rings (SSSR count). The standard InChI is InChI=1S/C6H17O5Si2/c1-4-8-13(9-5-2,10-6-3)11-12-7/h4-6,12H2,1-3H3. The first-order chi connectivity index (χ1) is 6.24. The van der Waals surface area contributed by atoms with Gasteiger partial charge < -0.3 is 17.4 Å². The lowest BCUT2D eigenvalue weighted by atomic mass is 10.9. The van der Waals surface area contributed by atoms with Crippen molar-refractivity contribution < 1.29 is 22.2 Å². The Bertz CT molecular complexity index is 94.1. The van der Waals surface area contributed by atoms with Gasteiger partial charge in [-0.15, -0.1) is 0 Å². The quantitative estimate of drug-likeness (QED) is 0.545. The molecule has 5 nitrogen and oxygen atoms in total. The highest BCUT2D eigenvalue weighted by Gasteiger charge is 2.44. The molecule has 0 aromatic carbocycles. The van der Waals surface area contributed by atoms with Crippen molar-refractivity contribution in [3.63, 3.8) is 0 Å². The van der Waals surface area contributed by atoms with Crippen molar-refractivity contribution in [1.29, 1.82) is 0 Å². The second kappa shape index (κ2) is 7.62. The molecule has 0 bridgehead atoms. The van der Waals surface area contributed by atoms with Gasteiger partial charge in [0.1, 0.15) is 0 Å². The number of hydrogen-bond donors (Lipinski definition) is 0. The zero-order valence-electron chi connectivity index (χ0n) is 8.37. The lowest BCUT2D eigenvalue weighted by Crippen LogP contribution is -2.50. The lowest BCUT2D eigenvalue weighted by molar-refractivity contribution is 0.00525. The van der Waals surface area contributed by atoms with Crippen molar-refractivity contribution in [3.05, 3.63) is 0 Å². The summed E-state index contributed by atoms with van der Waals surface area (Å²) >= 11 is 0. The van der Waals surface area contributed by atoms with Crippen LogP contribution >= 0.6 is 0 Å². The first kappa shape index (κ1) is 13.2. The normalized spacial score (nSPS) is 12.9. The Balaban J connectivity index is 4.19. The van der Waals surface area contributed by atoms with E-state index in [2.05, 4.69) is 0 Å². The molecule has 0 saturated heterocycles. The van der Waals surface area contributed by atoms with Crippen molar-refractivity contribution >= 4 is 19.1 Å². The highest BCUT2D eigenvalue weighted by atomic mass is 28.4. The van der Waals surface area contributed by atoms with Crippen LogP contribution in [0.3, 0.4) is 0 Å². The van der Waals surface area contributed by atoms with Crippen LogP contribution in [0, 0.1) is 0 Å². The minimum atomic E-state index is -3.05. The summed E-state index contributed by atoms with van der Waals surface area (Å²) in [4.78, 5) is 10.5. The van der Waals surface area contributed by atoms with Crippen LogP contribution in [0.1, 0.15) is 20.8 Å². The fourth-order valence-electron chi connectivity index (χ4n) is 0.852. The van der Waals surface area contributed by atoms with E-state index in [9.17, 15) is 4.80 Å². The summed E-state index contributed by atoms with van der Waals surface area (Å²) in [5.74, 6) is 0. The lowest BCUT2D eigenvalue weighted by Gasteiger charge is -2.25. The molecule has 0 aliphatic heterocycles. The highest BCUT2D eigenvalue weighted by molar-refractivity contribution is 6.58. The molecule has 0 aromatic rings. The minimum Gasteiger partial charge on any atom is -0.373 e. The van der Waals surface area contributed by atoms with E-state index in [1.807, 2.05) is 20.8 Å². The predicted octanol–water partition coefficient (Wildman–Crippen LogP) is -0.0226. The fourth-order valence-corrected chi connectivity index (χ4v) is 3.74. The van der Waals surface area contributed by atoms with Gasteiger partial charge >= 0.3 is 19.1 Å². The van der Waals surface area contributed by atoms with E-state index in [0.717, 1.165) is 0 Å². The largest absolute Gasteiger partial charge is 0.670 e. The summed E-state index contributed by atoms with van der Waals surface area (Å²) in [5.41, 5.74) is 0. The van der Waals surface area contributed by atoms with E-state index in [0.29, 0.717) is 19.8 Å². The Labute approximate surface area is 82.5 Å². The van der Waals surface area contributed by atoms with Gasteiger partial charge in [-0.25, -0.2) is 0 Å². The van der Waals surface area contributed by atoms with E-state index >= 15 is 0 Å². The molecule has 1 radical (unpaired) electrons. The summed E-state index contributed by atoms with van der Waals surface area (Å²) < 4.78 is 20.8. The summed E-state index contributed by atoms with van der Waals surface area (Å²) in [7, 11) is -4.86. The minimum absolute atomic E-state index is 0.431. The van der Waals surface area contributed by atoms with Crippen molar-refractivity contribution in [1.82, 2.24) is 0 Å². The van der Waals surface area contributed by atoms with Gasteiger partial charge in [-0.1, -0.05) is 0 Å². The molecule has 0 fully saturated rings. The Hall–Kier alpha value is 0.234. The van der Waals surface area contributed by atoms with Crippen LogP contribution in [0.5, 0.6) is 0 Å².